The highest BCUT2D eigenvalue weighted by Crippen LogP contribution is 2.37. The van der Waals surface area contributed by atoms with E-state index in [1.807, 2.05) is 30.3 Å². The van der Waals surface area contributed by atoms with Gasteiger partial charge in [-0.2, -0.15) is 0 Å². The second kappa shape index (κ2) is 6.37. The summed E-state index contributed by atoms with van der Waals surface area (Å²) in [7, 11) is 0. The number of hydrogen-bond donors (Lipinski definition) is 1. The van der Waals surface area contributed by atoms with Crippen LogP contribution in [0.2, 0.25) is 0 Å². The maximum atomic E-state index is 12.6. The molecule has 2 aliphatic heterocycles. The van der Waals surface area contributed by atoms with Crippen LogP contribution in [0.3, 0.4) is 0 Å². The first kappa shape index (κ1) is 15.4. The second-order valence-electron chi connectivity index (χ2n) is 6.43. The average molecular weight is 327 g/mol. The van der Waals surface area contributed by atoms with Crippen LogP contribution in [0.5, 0.6) is 0 Å². The maximum absolute atomic E-state index is 12.6. The van der Waals surface area contributed by atoms with Gasteiger partial charge in [0.25, 0.3) is 5.91 Å². The molecule has 6 nitrogen and oxygen atoms in total. The molecule has 0 saturated carbocycles. The fraction of sp³-hybridized carbons (Fsp3) is 0.444. The van der Waals surface area contributed by atoms with Crippen LogP contribution in [0, 0.1) is 0 Å². The van der Waals surface area contributed by atoms with E-state index >= 15 is 0 Å². The van der Waals surface area contributed by atoms with Gasteiger partial charge in [-0.3, -0.25) is 4.79 Å². The predicted octanol–water partition coefficient (Wildman–Crippen LogP) is 2.00. The van der Waals surface area contributed by atoms with Crippen molar-refractivity contribution >= 4 is 5.91 Å². The summed E-state index contributed by atoms with van der Waals surface area (Å²) in [5.41, 5.74) is 0.748. The summed E-state index contributed by atoms with van der Waals surface area (Å²) < 4.78 is 12.2. The molecule has 2 aliphatic rings. The van der Waals surface area contributed by atoms with Crippen LogP contribution in [0.15, 0.2) is 42.7 Å². The number of carbonyl (C=O) groups excluding carboxylic acids is 1. The molecule has 1 aromatic heterocycles. The minimum atomic E-state index is -0.378. The third-order valence-electron chi connectivity index (χ3n) is 4.85. The Morgan fingerprint density at radius 1 is 1.42 bits per heavy atom. The molecule has 1 amide bonds. The first-order chi connectivity index (χ1) is 11.8. The minimum absolute atomic E-state index is 0.0966. The number of aromatic amines is 1. The van der Waals surface area contributed by atoms with E-state index in [4.69, 9.17) is 9.47 Å². The number of aromatic nitrogens is 2. The summed E-state index contributed by atoms with van der Waals surface area (Å²) >= 11 is 0. The maximum Gasteiger partial charge on any atom is 0.289 e. The van der Waals surface area contributed by atoms with Crippen molar-refractivity contribution in [1.82, 2.24) is 14.9 Å². The van der Waals surface area contributed by atoms with E-state index in [0.29, 0.717) is 25.5 Å². The van der Waals surface area contributed by atoms with Gasteiger partial charge in [-0.15, -0.1) is 0 Å². The number of nitrogens with zero attached hydrogens (tertiary/aromatic N) is 2. The number of imidazole rings is 1. The fourth-order valence-electron chi connectivity index (χ4n) is 3.62. The molecule has 2 fully saturated rings. The van der Waals surface area contributed by atoms with Crippen molar-refractivity contribution < 1.29 is 14.3 Å². The minimum Gasteiger partial charge on any atom is -0.370 e. The SMILES string of the molecule is O=C(c1ncc[nH]1)N1C[C@H](OCc2ccccc2)[C@]2(CCCO2)C1. The molecule has 2 saturated heterocycles. The number of hydrogen-bond acceptors (Lipinski definition) is 4. The van der Waals surface area contributed by atoms with Gasteiger partial charge in [-0.25, -0.2) is 4.98 Å². The zero-order valence-corrected chi connectivity index (χ0v) is 13.5. The lowest BCUT2D eigenvalue weighted by Gasteiger charge is -2.28. The smallest absolute Gasteiger partial charge is 0.289 e. The Morgan fingerprint density at radius 2 is 2.29 bits per heavy atom. The van der Waals surface area contributed by atoms with Crippen LogP contribution in [-0.2, 0) is 16.1 Å². The van der Waals surface area contributed by atoms with Crippen LogP contribution in [0.25, 0.3) is 0 Å². The lowest BCUT2D eigenvalue weighted by molar-refractivity contribution is -0.0959. The summed E-state index contributed by atoms with van der Waals surface area (Å²) in [6.45, 7) is 2.35. The lowest BCUT2D eigenvalue weighted by atomic mass is 9.96. The number of rotatable bonds is 4. The van der Waals surface area contributed by atoms with Crippen LogP contribution in [0.4, 0.5) is 0 Å². The number of carbonyl (C=O) groups is 1. The Balaban J connectivity index is 1.48. The zero-order chi connectivity index (χ0) is 16.4. The van der Waals surface area contributed by atoms with Crippen molar-refractivity contribution in [3.8, 4) is 0 Å². The van der Waals surface area contributed by atoms with Crippen molar-refractivity contribution in [3.63, 3.8) is 0 Å². The van der Waals surface area contributed by atoms with Gasteiger partial charge in [-0.05, 0) is 18.4 Å². The molecule has 4 rings (SSSR count). The Hall–Kier alpha value is -2.18. The molecule has 1 spiro atoms. The summed E-state index contributed by atoms with van der Waals surface area (Å²) in [6.07, 6.45) is 5.07. The number of benzene rings is 1. The van der Waals surface area contributed by atoms with Crippen molar-refractivity contribution in [2.75, 3.05) is 19.7 Å². The molecule has 3 heterocycles. The molecule has 24 heavy (non-hydrogen) atoms. The number of nitrogens with one attached hydrogen (secondary N) is 1. The van der Waals surface area contributed by atoms with Crippen LogP contribution >= 0.6 is 0 Å². The Bertz CT molecular complexity index is 681. The fourth-order valence-corrected chi connectivity index (χ4v) is 3.62. The second-order valence-corrected chi connectivity index (χ2v) is 6.43. The molecular formula is C18H21N3O3. The molecule has 2 atom stereocenters. The van der Waals surface area contributed by atoms with Gasteiger partial charge in [0.15, 0.2) is 5.82 Å². The van der Waals surface area contributed by atoms with Crippen LogP contribution < -0.4 is 0 Å². The standard InChI is InChI=1S/C18H21N3O3/c22-17(16-19-8-9-20-16)21-11-15(18(13-21)7-4-10-24-18)23-12-14-5-2-1-3-6-14/h1-3,5-6,8-9,15H,4,7,10-13H2,(H,19,20)/t15-,18-/m0/s1. The number of H-pyrrole nitrogens is 1. The van der Waals surface area contributed by atoms with Crippen molar-refractivity contribution in [2.24, 2.45) is 0 Å². The molecule has 0 unspecified atom stereocenters. The molecule has 6 heteroatoms. The molecule has 1 aromatic carbocycles. The summed E-state index contributed by atoms with van der Waals surface area (Å²) in [5.74, 6) is 0.271. The van der Waals surface area contributed by atoms with E-state index in [1.165, 1.54) is 0 Å². The van der Waals surface area contributed by atoms with E-state index in [9.17, 15) is 4.79 Å². The number of likely N-dealkylation sites (tertiary alicyclic amines) is 1. The Morgan fingerprint density at radius 3 is 3.00 bits per heavy atom. The van der Waals surface area contributed by atoms with E-state index in [0.717, 1.165) is 25.0 Å². The molecule has 2 aromatic rings. The van der Waals surface area contributed by atoms with Gasteiger partial charge in [0, 0.05) is 19.0 Å². The van der Waals surface area contributed by atoms with Gasteiger partial charge in [0.1, 0.15) is 11.7 Å². The largest absolute Gasteiger partial charge is 0.370 e. The van der Waals surface area contributed by atoms with E-state index in [1.54, 1.807) is 17.3 Å². The van der Waals surface area contributed by atoms with E-state index in [2.05, 4.69) is 9.97 Å². The molecular weight excluding hydrogens is 306 g/mol. The molecule has 126 valence electrons. The van der Waals surface area contributed by atoms with Crippen molar-refractivity contribution in [1.29, 1.82) is 0 Å². The van der Waals surface area contributed by atoms with E-state index < -0.39 is 0 Å². The summed E-state index contributed by atoms with van der Waals surface area (Å²) in [4.78, 5) is 21.3. The third kappa shape index (κ3) is 2.83. The molecule has 0 bridgehead atoms. The average Bonchev–Trinajstić information content (AvgIpc) is 3.36. The van der Waals surface area contributed by atoms with Gasteiger partial charge in [0.2, 0.25) is 0 Å². The topological polar surface area (TPSA) is 67.5 Å². The Kier molecular flexibility index (Phi) is 4.08. The predicted molar refractivity (Wildman–Crippen MR) is 87.4 cm³/mol. The lowest BCUT2D eigenvalue weighted by Crippen LogP contribution is -2.42. The van der Waals surface area contributed by atoms with Crippen LogP contribution in [0.1, 0.15) is 29.0 Å². The van der Waals surface area contributed by atoms with Gasteiger partial charge in [0.05, 0.1) is 19.7 Å². The molecule has 0 radical (unpaired) electrons. The number of ether oxygens (including phenoxy) is 2. The highest BCUT2D eigenvalue weighted by Gasteiger charge is 2.52. The molecule has 1 N–H and O–H groups in total. The van der Waals surface area contributed by atoms with Crippen molar-refractivity contribution in [2.45, 2.75) is 31.2 Å². The van der Waals surface area contributed by atoms with Gasteiger partial charge in [-0.1, -0.05) is 30.3 Å². The summed E-state index contributed by atoms with van der Waals surface area (Å²) in [5, 5.41) is 0. The first-order valence-electron chi connectivity index (χ1n) is 8.35. The monoisotopic (exact) mass is 327 g/mol. The van der Waals surface area contributed by atoms with Crippen molar-refractivity contribution in [3.05, 3.63) is 54.1 Å². The van der Waals surface area contributed by atoms with Gasteiger partial charge < -0.3 is 19.4 Å². The highest BCUT2D eigenvalue weighted by atomic mass is 16.6. The molecule has 0 aliphatic carbocycles. The van der Waals surface area contributed by atoms with Gasteiger partial charge >= 0.3 is 0 Å². The zero-order valence-electron chi connectivity index (χ0n) is 13.5. The first-order valence-corrected chi connectivity index (χ1v) is 8.35. The normalized spacial score (nSPS) is 26.3. The van der Waals surface area contributed by atoms with E-state index in [-0.39, 0.29) is 17.6 Å². The Labute approximate surface area is 140 Å². The highest BCUT2D eigenvalue weighted by molar-refractivity contribution is 5.90. The quantitative estimate of drug-likeness (QED) is 0.933. The summed E-state index contributed by atoms with van der Waals surface area (Å²) in [6, 6.07) is 10.1. The third-order valence-corrected chi connectivity index (χ3v) is 4.85. The number of amides is 1. The van der Waals surface area contributed by atoms with Crippen LogP contribution in [-0.4, -0.2) is 52.2 Å².